The van der Waals surface area contributed by atoms with Crippen LogP contribution < -0.4 is 0 Å². The number of amides is 2. The number of likely N-dealkylation sites (N-methyl/N-ethyl adjacent to an activating group) is 1. The molecule has 5 nitrogen and oxygen atoms in total. The van der Waals surface area contributed by atoms with Gasteiger partial charge in [0.1, 0.15) is 5.60 Å². The molecule has 0 aromatic heterocycles. The van der Waals surface area contributed by atoms with Gasteiger partial charge in [-0.15, -0.1) is 0 Å². The summed E-state index contributed by atoms with van der Waals surface area (Å²) >= 11 is 0. The van der Waals surface area contributed by atoms with Crippen LogP contribution in [0.15, 0.2) is 0 Å². The number of hydrogen-bond acceptors (Lipinski definition) is 3. The molecule has 1 fully saturated rings. The van der Waals surface area contributed by atoms with Crippen molar-refractivity contribution in [3.63, 3.8) is 0 Å². The van der Waals surface area contributed by atoms with Crippen molar-refractivity contribution < 1.29 is 14.7 Å². The molecule has 5 heteroatoms. The van der Waals surface area contributed by atoms with E-state index >= 15 is 0 Å². The summed E-state index contributed by atoms with van der Waals surface area (Å²) < 4.78 is 0. The molecule has 2 amide bonds. The largest absolute Gasteiger partial charge is 0.381 e. The van der Waals surface area contributed by atoms with Gasteiger partial charge in [0.25, 0.3) is 5.91 Å². The van der Waals surface area contributed by atoms with Gasteiger partial charge in [-0.1, -0.05) is 0 Å². The number of hydrogen-bond donors (Lipinski definition) is 1. The maximum absolute atomic E-state index is 11.7. The molecule has 0 radical (unpaired) electrons. The van der Waals surface area contributed by atoms with Gasteiger partial charge < -0.3 is 14.9 Å². The number of nitrogens with zero attached hydrogens (tertiary/aromatic N) is 2. The predicted molar refractivity (Wildman–Crippen MR) is 59.7 cm³/mol. The van der Waals surface area contributed by atoms with Gasteiger partial charge in [0.2, 0.25) is 5.91 Å². The van der Waals surface area contributed by atoms with Crippen LogP contribution in [0.4, 0.5) is 0 Å². The van der Waals surface area contributed by atoms with Gasteiger partial charge in [0.15, 0.2) is 0 Å². The molecule has 0 spiro atoms. The van der Waals surface area contributed by atoms with E-state index in [1.54, 1.807) is 4.90 Å². The van der Waals surface area contributed by atoms with Gasteiger partial charge in [0, 0.05) is 20.1 Å². The fourth-order valence-electron chi connectivity index (χ4n) is 1.81. The van der Waals surface area contributed by atoms with E-state index in [9.17, 15) is 14.7 Å². The van der Waals surface area contributed by atoms with Crippen molar-refractivity contribution in [2.45, 2.75) is 32.3 Å². The fraction of sp³-hybridized carbons (Fsp3) is 0.818. The standard InChI is InChI=1S/C11H20N2O3/c1-11(2,16)10(15)12(3)8-9(14)13-6-4-5-7-13/h16H,4-8H2,1-3H3. The van der Waals surface area contributed by atoms with Crippen LogP contribution in [0, 0.1) is 0 Å². The molecule has 1 N–H and O–H groups in total. The van der Waals surface area contributed by atoms with Crippen molar-refractivity contribution in [1.29, 1.82) is 0 Å². The van der Waals surface area contributed by atoms with Crippen LogP contribution in [0.5, 0.6) is 0 Å². The van der Waals surface area contributed by atoms with E-state index in [4.69, 9.17) is 0 Å². The molecule has 1 rings (SSSR count). The average Bonchev–Trinajstić information content (AvgIpc) is 2.67. The van der Waals surface area contributed by atoms with Crippen LogP contribution in [0.1, 0.15) is 26.7 Å². The Kier molecular flexibility index (Phi) is 3.91. The van der Waals surface area contributed by atoms with Crippen LogP contribution in [-0.4, -0.2) is 59.0 Å². The highest BCUT2D eigenvalue weighted by molar-refractivity contribution is 5.88. The molecule has 16 heavy (non-hydrogen) atoms. The van der Waals surface area contributed by atoms with E-state index in [0.717, 1.165) is 25.9 Å². The SMILES string of the molecule is CN(CC(=O)N1CCCC1)C(=O)C(C)(C)O. The van der Waals surface area contributed by atoms with E-state index in [0.29, 0.717) is 0 Å². The van der Waals surface area contributed by atoms with Crippen LogP contribution in [0.25, 0.3) is 0 Å². The number of carbonyl (C=O) groups is 2. The summed E-state index contributed by atoms with van der Waals surface area (Å²) in [7, 11) is 1.54. The first-order chi connectivity index (χ1) is 7.32. The lowest BCUT2D eigenvalue weighted by atomic mass is 10.1. The average molecular weight is 228 g/mol. The molecule has 92 valence electrons. The highest BCUT2D eigenvalue weighted by atomic mass is 16.3. The smallest absolute Gasteiger partial charge is 0.254 e. The van der Waals surface area contributed by atoms with Crippen LogP contribution in [0.2, 0.25) is 0 Å². The zero-order valence-electron chi connectivity index (χ0n) is 10.2. The molecule has 0 aromatic rings. The Hall–Kier alpha value is -1.10. The van der Waals surface area contributed by atoms with Crippen molar-refractivity contribution in [3.05, 3.63) is 0 Å². The maximum Gasteiger partial charge on any atom is 0.254 e. The molecule has 1 aliphatic heterocycles. The minimum absolute atomic E-state index is 0.0439. The molecule has 0 aliphatic carbocycles. The highest BCUT2D eigenvalue weighted by Gasteiger charge is 2.29. The van der Waals surface area contributed by atoms with Gasteiger partial charge in [-0.25, -0.2) is 0 Å². The summed E-state index contributed by atoms with van der Waals surface area (Å²) in [6, 6.07) is 0. The summed E-state index contributed by atoms with van der Waals surface area (Å²) in [5.41, 5.74) is -1.42. The van der Waals surface area contributed by atoms with E-state index in [-0.39, 0.29) is 12.5 Å². The van der Waals surface area contributed by atoms with Crippen LogP contribution in [0.3, 0.4) is 0 Å². The van der Waals surface area contributed by atoms with E-state index in [1.807, 2.05) is 0 Å². The first kappa shape index (κ1) is 13.0. The summed E-state index contributed by atoms with van der Waals surface area (Å²) in [6.45, 7) is 4.45. The van der Waals surface area contributed by atoms with Crippen molar-refractivity contribution in [2.75, 3.05) is 26.7 Å². The zero-order valence-corrected chi connectivity index (χ0v) is 10.2. The monoisotopic (exact) mass is 228 g/mol. The Balaban J connectivity index is 2.47. The van der Waals surface area contributed by atoms with Gasteiger partial charge >= 0.3 is 0 Å². The third kappa shape index (κ3) is 3.20. The van der Waals surface area contributed by atoms with E-state index in [1.165, 1.54) is 25.8 Å². The van der Waals surface area contributed by atoms with Crippen molar-refractivity contribution >= 4 is 11.8 Å². The highest BCUT2D eigenvalue weighted by Crippen LogP contribution is 2.10. The molecule has 1 saturated heterocycles. The molecule has 1 heterocycles. The Bertz CT molecular complexity index is 277. The summed E-state index contributed by atoms with van der Waals surface area (Å²) in [6.07, 6.45) is 2.07. The second kappa shape index (κ2) is 4.82. The van der Waals surface area contributed by atoms with Crippen molar-refractivity contribution in [2.24, 2.45) is 0 Å². The maximum atomic E-state index is 11.7. The lowest BCUT2D eigenvalue weighted by Crippen LogP contribution is -2.47. The topological polar surface area (TPSA) is 60.9 Å². The second-order valence-electron chi connectivity index (χ2n) is 4.81. The molecule has 0 unspecified atom stereocenters. The fourth-order valence-corrected chi connectivity index (χ4v) is 1.81. The molecular weight excluding hydrogens is 208 g/mol. The number of rotatable bonds is 3. The third-order valence-corrected chi connectivity index (χ3v) is 2.70. The number of aliphatic hydroxyl groups is 1. The summed E-state index contributed by atoms with van der Waals surface area (Å²) in [5, 5.41) is 9.52. The molecule has 0 saturated carbocycles. The summed E-state index contributed by atoms with van der Waals surface area (Å²) in [5.74, 6) is -0.474. The van der Waals surface area contributed by atoms with Crippen molar-refractivity contribution in [3.8, 4) is 0 Å². The zero-order chi connectivity index (χ0) is 12.3. The van der Waals surface area contributed by atoms with Gasteiger partial charge in [-0.3, -0.25) is 9.59 Å². The van der Waals surface area contributed by atoms with Crippen LogP contribution in [-0.2, 0) is 9.59 Å². The van der Waals surface area contributed by atoms with E-state index < -0.39 is 11.5 Å². The van der Waals surface area contributed by atoms with Gasteiger partial charge in [-0.2, -0.15) is 0 Å². The Morgan fingerprint density at radius 3 is 2.25 bits per heavy atom. The summed E-state index contributed by atoms with van der Waals surface area (Å²) in [4.78, 5) is 26.4. The lowest BCUT2D eigenvalue weighted by Gasteiger charge is -2.26. The number of carbonyl (C=O) groups excluding carboxylic acids is 2. The second-order valence-corrected chi connectivity index (χ2v) is 4.81. The van der Waals surface area contributed by atoms with Crippen LogP contribution >= 0.6 is 0 Å². The van der Waals surface area contributed by atoms with Gasteiger partial charge in [0.05, 0.1) is 6.54 Å². The van der Waals surface area contributed by atoms with Gasteiger partial charge in [-0.05, 0) is 26.7 Å². The Labute approximate surface area is 96.0 Å². The molecule has 0 atom stereocenters. The quantitative estimate of drug-likeness (QED) is 0.730. The third-order valence-electron chi connectivity index (χ3n) is 2.70. The minimum atomic E-state index is -1.42. The molecule has 0 bridgehead atoms. The molecular formula is C11H20N2O3. The first-order valence-corrected chi connectivity index (χ1v) is 5.58. The van der Waals surface area contributed by atoms with Crippen molar-refractivity contribution in [1.82, 2.24) is 9.80 Å². The lowest BCUT2D eigenvalue weighted by molar-refractivity contribution is -0.150. The number of likely N-dealkylation sites (tertiary alicyclic amines) is 1. The Morgan fingerprint density at radius 2 is 1.81 bits per heavy atom. The van der Waals surface area contributed by atoms with E-state index in [2.05, 4.69) is 0 Å². The predicted octanol–water partition coefficient (Wildman–Crippen LogP) is -0.162. The molecule has 0 aromatic carbocycles. The Morgan fingerprint density at radius 1 is 1.31 bits per heavy atom. The first-order valence-electron chi connectivity index (χ1n) is 5.58. The molecule has 1 aliphatic rings. The minimum Gasteiger partial charge on any atom is -0.381 e. The normalized spacial score (nSPS) is 16.4.